The van der Waals surface area contributed by atoms with E-state index in [1.807, 2.05) is 0 Å². The highest BCUT2D eigenvalue weighted by Gasteiger charge is 2.24. The molecule has 0 saturated carbocycles. The highest BCUT2D eigenvalue weighted by atomic mass is 32.1. The van der Waals surface area contributed by atoms with Crippen LogP contribution in [0.2, 0.25) is 0 Å². The Bertz CT molecular complexity index is 413. The van der Waals surface area contributed by atoms with Crippen LogP contribution in [0.25, 0.3) is 0 Å². The number of fused-ring (bicyclic) bond motifs is 1. The largest absolute Gasteiger partial charge is 0.316 e. The van der Waals surface area contributed by atoms with Crippen LogP contribution in [0.4, 0.5) is 0 Å². The van der Waals surface area contributed by atoms with Crippen molar-refractivity contribution < 1.29 is 0 Å². The van der Waals surface area contributed by atoms with Gasteiger partial charge in [-0.3, -0.25) is 4.79 Å². The third-order valence-corrected chi connectivity index (χ3v) is 3.95. The number of rotatable bonds is 2. The zero-order valence-electron chi connectivity index (χ0n) is 10.2. The average Bonchev–Trinajstić information content (AvgIpc) is 2.54. The summed E-state index contributed by atoms with van der Waals surface area (Å²) in [6.45, 7) is 7.48. The minimum absolute atomic E-state index is 0.104. The van der Waals surface area contributed by atoms with Crippen LogP contribution in [-0.2, 0) is 6.42 Å². The molecule has 0 bridgehead atoms. The van der Waals surface area contributed by atoms with Crippen LogP contribution in [-0.4, -0.2) is 17.1 Å². The summed E-state index contributed by atoms with van der Waals surface area (Å²) in [5.41, 5.74) is 1.34. The van der Waals surface area contributed by atoms with Gasteiger partial charge >= 0.3 is 4.87 Å². The second-order valence-corrected chi connectivity index (χ2v) is 6.64. The lowest BCUT2D eigenvalue weighted by Gasteiger charge is -2.27. The van der Waals surface area contributed by atoms with E-state index in [9.17, 15) is 4.79 Å². The molecule has 1 aromatic heterocycles. The molecule has 1 aliphatic rings. The first-order chi connectivity index (χ1) is 7.46. The number of aromatic nitrogens is 1. The number of thiazole rings is 1. The molecule has 2 rings (SSSR count). The Kier molecular flexibility index (Phi) is 3.22. The van der Waals surface area contributed by atoms with E-state index in [1.54, 1.807) is 0 Å². The molecule has 90 valence electrons. The zero-order chi connectivity index (χ0) is 11.8. The SMILES string of the molecule is CC(C)(C)NCC1CCCc2sc(=O)[nH]c21. The molecule has 0 aromatic carbocycles. The number of H-pyrrole nitrogens is 1. The minimum atomic E-state index is 0.104. The summed E-state index contributed by atoms with van der Waals surface area (Å²) in [5.74, 6) is 0.488. The second-order valence-electron chi connectivity index (χ2n) is 5.57. The van der Waals surface area contributed by atoms with Crippen molar-refractivity contribution >= 4 is 11.3 Å². The number of nitrogens with one attached hydrogen (secondary N) is 2. The van der Waals surface area contributed by atoms with Gasteiger partial charge in [0.25, 0.3) is 0 Å². The Balaban J connectivity index is 2.10. The molecule has 1 aromatic rings. The monoisotopic (exact) mass is 240 g/mol. The van der Waals surface area contributed by atoms with E-state index in [0.29, 0.717) is 5.92 Å². The molecule has 4 heteroatoms. The van der Waals surface area contributed by atoms with Crippen molar-refractivity contribution in [3.05, 3.63) is 20.2 Å². The lowest BCUT2D eigenvalue weighted by Crippen LogP contribution is -2.39. The predicted octanol–water partition coefficient (Wildman–Crippen LogP) is 2.24. The lowest BCUT2D eigenvalue weighted by atomic mass is 9.90. The predicted molar refractivity (Wildman–Crippen MR) is 68.4 cm³/mol. The molecule has 0 radical (unpaired) electrons. The van der Waals surface area contributed by atoms with Gasteiger partial charge in [-0.1, -0.05) is 11.3 Å². The Morgan fingerprint density at radius 2 is 2.25 bits per heavy atom. The third kappa shape index (κ3) is 2.74. The van der Waals surface area contributed by atoms with Crippen LogP contribution >= 0.6 is 11.3 Å². The maximum Gasteiger partial charge on any atom is 0.304 e. The fourth-order valence-electron chi connectivity index (χ4n) is 2.17. The standard InChI is InChI=1S/C12H20N2OS/c1-12(2,3)13-7-8-5-4-6-9-10(8)14-11(15)16-9/h8,13H,4-7H2,1-3H3,(H,14,15). The Morgan fingerprint density at radius 3 is 2.94 bits per heavy atom. The molecule has 1 heterocycles. The van der Waals surface area contributed by atoms with Crippen LogP contribution in [0.3, 0.4) is 0 Å². The van der Waals surface area contributed by atoms with E-state index >= 15 is 0 Å². The number of aryl methyl sites for hydroxylation is 1. The second kappa shape index (κ2) is 4.34. The van der Waals surface area contributed by atoms with Crippen LogP contribution < -0.4 is 10.2 Å². The number of hydrogen-bond acceptors (Lipinski definition) is 3. The first kappa shape index (κ1) is 11.9. The number of hydrogen-bond donors (Lipinski definition) is 2. The summed E-state index contributed by atoms with van der Waals surface area (Å²) < 4.78 is 0. The topological polar surface area (TPSA) is 44.9 Å². The molecule has 1 atom stereocenters. The average molecular weight is 240 g/mol. The van der Waals surface area contributed by atoms with E-state index < -0.39 is 0 Å². The van der Waals surface area contributed by atoms with Crippen molar-refractivity contribution in [3.63, 3.8) is 0 Å². The van der Waals surface area contributed by atoms with Gasteiger partial charge in [0.2, 0.25) is 0 Å². The van der Waals surface area contributed by atoms with Gasteiger partial charge in [-0.25, -0.2) is 0 Å². The number of aromatic amines is 1. The fourth-order valence-corrected chi connectivity index (χ4v) is 3.13. The summed E-state index contributed by atoms with van der Waals surface area (Å²) in [7, 11) is 0. The lowest BCUT2D eigenvalue weighted by molar-refractivity contribution is 0.388. The Morgan fingerprint density at radius 1 is 1.50 bits per heavy atom. The maximum atomic E-state index is 11.3. The van der Waals surface area contributed by atoms with Gasteiger partial charge in [0.05, 0.1) is 0 Å². The first-order valence-corrected chi connectivity index (χ1v) is 6.74. The molecule has 1 unspecified atom stereocenters. The third-order valence-electron chi connectivity index (χ3n) is 3.00. The summed E-state index contributed by atoms with van der Waals surface area (Å²) in [4.78, 5) is 15.7. The normalized spacial score (nSPS) is 20.8. The van der Waals surface area contributed by atoms with Crippen molar-refractivity contribution in [2.24, 2.45) is 0 Å². The Hall–Kier alpha value is -0.610. The minimum Gasteiger partial charge on any atom is -0.316 e. The van der Waals surface area contributed by atoms with Gasteiger partial charge in [-0.05, 0) is 40.0 Å². The van der Waals surface area contributed by atoms with Crippen LogP contribution in [0.5, 0.6) is 0 Å². The van der Waals surface area contributed by atoms with Crippen molar-refractivity contribution in [3.8, 4) is 0 Å². The quantitative estimate of drug-likeness (QED) is 0.832. The van der Waals surface area contributed by atoms with Crippen molar-refractivity contribution in [1.82, 2.24) is 10.3 Å². The van der Waals surface area contributed by atoms with E-state index in [0.717, 1.165) is 13.0 Å². The fraction of sp³-hybridized carbons (Fsp3) is 0.750. The molecule has 2 N–H and O–H groups in total. The van der Waals surface area contributed by atoms with Gasteiger partial charge in [-0.15, -0.1) is 0 Å². The molecular weight excluding hydrogens is 220 g/mol. The molecule has 0 saturated heterocycles. The molecule has 3 nitrogen and oxygen atoms in total. The van der Waals surface area contributed by atoms with Gasteiger partial charge < -0.3 is 10.3 Å². The Labute approximate surface area is 100 Å². The zero-order valence-corrected chi connectivity index (χ0v) is 11.0. The molecular formula is C12H20N2OS. The molecule has 16 heavy (non-hydrogen) atoms. The van der Waals surface area contributed by atoms with Crippen LogP contribution in [0, 0.1) is 0 Å². The van der Waals surface area contributed by atoms with Gasteiger partial charge in [-0.2, -0.15) is 0 Å². The molecule has 0 spiro atoms. The summed E-state index contributed by atoms with van der Waals surface area (Å²) >= 11 is 1.39. The van der Waals surface area contributed by atoms with Gasteiger partial charge in [0.1, 0.15) is 0 Å². The maximum absolute atomic E-state index is 11.3. The van der Waals surface area contributed by atoms with Gasteiger partial charge in [0, 0.05) is 28.6 Å². The summed E-state index contributed by atoms with van der Waals surface area (Å²) in [5, 5.41) is 3.52. The van der Waals surface area contributed by atoms with E-state index in [-0.39, 0.29) is 10.4 Å². The smallest absolute Gasteiger partial charge is 0.304 e. The van der Waals surface area contributed by atoms with E-state index in [4.69, 9.17) is 0 Å². The van der Waals surface area contributed by atoms with E-state index in [1.165, 1.54) is 34.7 Å². The van der Waals surface area contributed by atoms with Crippen molar-refractivity contribution in [2.45, 2.75) is 51.5 Å². The highest BCUT2D eigenvalue weighted by molar-refractivity contribution is 7.09. The van der Waals surface area contributed by atoms with Crippen molar-refractivity contribution in [1.29, 1.82) is 0 Å². The van der Waals surface area contributed by atoms with Crippen LogP contribution in [0.15, 0.2) is 4.79 Å². The highest BCUT2D eigenvalue weighted by Crippen LogP contribution is 2.31. The summed E-state index contributed by atoms with van der Waals surface area (Å²) in [6.07, 6.45) is 3.46. The summed E-state index contributed by atoms with van der Waals surface area (Å²) in [6, 6.07) is 0. The first-order valence-electron chi connectivity index (χ1n) is 5.92. The van der Waals surface area contributed by atoms with Crippen molar-refractivity contribution in [2.75, 3.05) is 6.54 Å². The van der Waals surface area contributed by atoms with Gasteiger partial charge in [0.15, 0.2) is 0 Å². The molecule has 1 aliphatic carbocycles. The molecule has 0 amide bonds. The van der Waals surface area contributed by atoms with Crippen LogP contribution in [0.1, 0.15) is 50.1 Å². The molecule has 0 fully saturated rings. The molecule has 0 aliphatic heterocycles. The van der Waals surface area contributed by atoms with E-state index in [2.05, 4.69) is 31.1 Å².